The smallest absolute Gasteiger partial charge is 0.419 e. The molecule has 0 N–H and O–H groups in total. The topological polar surface area (TPSA) is 49.3 Å². The van der Waals surface area contributed by atoms with Crippen molar-refractivity contribution < 1.29 is 18.1 Å². The number of hydrogen-bond acceptors (Lipinski definition) is 5. The molecule has 4 aromatic rings. The van der Waals surface area contributed by atoms with E-state index in [0.717, 1.165) is 0 Å². The first-order valence-electron chi connectivity index (χ1n) is 9.97. The number of hydrogen-bond donors (Lipinski definition) is 1. The van der Waals surface area contributed by atoms with E-state index in [-0.39, 0.29) is 0 Å². The van der Waals surface area contributed by atoms with Gasteiger partial charge in [-0.05, 0) is 48.5 Å². The van der Waals surface area contributed by atoms with Crippen molar-refractivity contribution in [2.24, 2.45) is 4.52 Å². The van der Waals surface area contributed by atoms with Gasteiger partial charge < -0.3 is 18.1 Å². The first kappa shape index (κ1) is 23.5. The first-order chi connectivity index (χ1) is 16.0. The van der Waals surface area contributed by atoms with E-state index < -0.39 is 13.4 Å². The van der Waals surface area contributed by atoms with Crippen molar-refractivity contribution in [1.29, 1.82) is 0 Å². The van der Waals surface area contributed by atoms with Crippen LogP contribution in [-0.2, 0) is 11.8 Å². The molecule has 0 fully saturated rings. The van der Waals surface area contributed by atoms with Crippen molar-refractivity contribution in [3.05, 3.63) is 121 Å². The Labute approximate surface area is 203 Å². The van der Waals surface area contributed by atoms with Gasteiger partial charge >= 0.3 is 13.4 Å². The van der Waals surface area contributed by atoms with Crippen molar-refractivity contribution in [2.45, 2.75) is 0 Å². The second kappa shape index (κ2) is 11.0. The highest BCUT2D eigenvalue weighted by Crippen LogP contribution is 2.65. The minimum Gasteiger partial charge on any atom is -0.423 e. The Kier molecular flexibility index (Phi) is 7.79. The summed E-state index contributed by atoms with van der Waals surface area (Å²) in [7, 11) is 0. The van der Waals surface area contributed by atoms with E-state index >= 15 is 0 Å². The third-order valence-electron chi connectivity index (χ3n) is 4.09. The lowest BCUT2D eigenvalue weighted by atomic mass is 10.3. The average Bonchev–Trinajstić information content (AvgIpc) is 2.81. The molecule has 0 amide bonds. The molecular formula is C24H21NO4P2S2. The van der Waals surface area contributed by atoms with Crippen LogP contribution in [0.15, 0.2) is 126 Å². The van der Waals surface area contributed by atoms with E-state index in [4.69, 9.17) is 46.7 Å². The van der Waals surface area contributed by atoms with Crippen molar-refractivity contribution in [2.75, 3.05) is 0 Å². The monoisotopic (exact) mass is 513 g/mol. The van der Waals surface area contributed by atoms with Crippen LogP contribution < -0.4 is 18.1 Å². The second-order valence-corrected chi connectivity index (χ2v) is 12.9. The van der Waals surface area contributed by atoms with Gasteiger partial charge in [0.1, 0.15) is 23.0 Å². The summed E-state index contributed by atoms with van der Waals surface area (Å²) >= 11 is 10.6. The number of nitrogens with zero attached hydrogens (tertiary/aromatic N) is 1. The summed E-state index contributed by atoms with van der Waals surface area (Å²) in [6.07, 6.45) is 0. The molecule has 4 rings (SSSR count). The highest BCUT2D eigenvalue weighted by atomic mass is 32.7. The van der Waals surface area contributed by atoms with Gasteiger partial charge in [0.05, 0.1) is 0 Å². The van der Waals surface area contributed by atoms with Gasteiger partial charge in [0.2, 0.25) is 0 Å². The quantitative estimate of drug-likeness (QED) is 0.180. The van der Waals surface area contributed by atoms with Gasteiger partial charge in [0.15, 0.2) is 0 Å². The summed E-state index contributed by atoms with van der Waals surface area (Å²) in [4.78, 5) is 0. The van der Waals surface area contributed by atoms with Gasteiger partial charge in [-0.15, -0.1) is 4.52 Å². The molecule has 0 aliphatic rings. The fourth-order valence-electron chi connectivity index (χ4n) is 2.72. The predicted molar refractivity (Wildman–Crippen MR) is 141 cm³/mol. The molecule has 0 aliphatic carbocycles. The fraction of sp³-hybridized carbons (Fsp3) is 0. The number of rotatable bonds is 9. The summed E-state index contributed by atoms with van der Waals surface area (Å²) in [6.45, 7) is -6.67. The van der Waals surface area contributed by atoms with Crippen LogP contribution in [0, 0.1) is 0 Å². The minimum atomic E-state index is -3.38. The van der Waals surface area contributed by atoms with Crippen molar-refractivity contribution in [3.63, 3.8) is 0 Å². The van der Waals surface area contributed by atoms with E-state index in [1.165, 1.54) is 0 Å². The Morgan fingerprint density at radius 3 is 1.06 bits per heavy atom. The Morgan fingerprint density at radius 2 is 0.758 bits per heavy atom. The lowest BCUT2D eigenvalue weighted by Crippen LogP contribution is -2.02. The summed E-state index contributed by atoms with van der Waals surface area (Å²) in [6, 6.07) is 36.7. The number of benzene rings is 4. The molecule has 0 bridgehead atoms. The van der Waals surface area contributed by atoms with Crippen LogP contribution in [0.2, 0.25) is 0 Å². The van der Waals surface area contributed by atoms with Crippen molar-refractivity contribution in [3.8, 4) is 23.0 Å². The van der Waals surface area contributed by atoms with E-state index in [1.54, 1.807) is 48.5 Å². The molecule has 0 aliphatic heterocycles. The molecule has 0 spiro atoms. The maximum atomic E-state index is 6.16. The molecule has 9 heteroatoms. The number of thiol groups is 1. The lowest BCUT2D eigenvalue weighted by Gasteiger charge is -2.25. The Bertz CT molecular complexity index is 1170. The lowest BCUT2D eigenvalue weighted by molar-refractivity contribution is 0.477. The van der Waals surface area contributed by atoms with Crippen LogP contribution in [0.25, 0.3) is 0 Å². The zero-order valence-corrected chi connectivity index (χ0v) is 20.9. The number of para-hydroxylation sites is 4. The van der Waals surface area contributed by atoms with Crippen molar-refractivity contribution >= 4 is 37.4 Å². The first-order valence-corrected chi connectivity index (χ1v) is 15.3. The molecule has 0 heterocycles. The minimum absolute atomic E-state index is 0.528. The Hall–Kier alpha value is -2.69. The van der Waals surface area contributed by atoms with Gasteiger partial charge in [-0.25, -0.2) is 0 Å². The average molecular weight is 514 g/mol. The maximum Gasteiger partial charge on any atom is 0.419 e. The standard InChI is InChI=1S/C24H21NO4P2S2/c32-30(26-21-13-5-1-6-14-21,27-22-15-7-2-8-16-22)25-31(33,28-23-17-9-3-10-18-23)29-24-19-11-4-12-20-24/h1-20,32H. The highest BCUT2D eigenvalue weighted by molar-refractivity contribution is 8.46. The molecule has 168 valence electrons. The highest BCUT2D eigenvalue weighted by Gasteiger charge is 2.31. The van der Waals surface area contributed by atoms with E-state index in [2.05, 4.69) is 0 Å². The zero-order valence-electron chi connectivity index (χ0n) is 17.4. The van der Waals surface area contributed by atoms with Crippen LogP contribution in [0.3, 0.4) is 0 Å². The zero-order chi connectivity index (χ0) is 23.0. The summed E-state index contributed by atoms with van der Waals surface area (Å²) < 4.78 is 29.3. The summed E-state index contributed by atoms with van der Waals surface area (Å²) in [5.41, 5.74) is 0. The van der Waals surface area contributed by atoms with E-state index in [1.807, 2.05) is 72.8 Å². The second-order valence-electron chi connectivity index (χ2n) is 6.67. The van der Waals surface area contributed by atoms with Crippen LogP contribution in [-0.4, -0.2) is 0 Å². The van der Waals surface area contributed by atoms with Crippen LogP contribution >= 0.6 is 25.6 Å². The third-order valence-corrected chi connectivity index (χ3v) is 9.96. The summed E-state index contributed by atoms with van der Waals surface area (Å²) in [5.74, 6) is 2.14. The molecule has 0 aromatic heterocycles. The van der Waals surface area contributed by atoms with Gasteiger partial charge in [-0.2, -0.15) is 0 Å². The molecule has 0 atom stereocenters. The Balaban J connectivity index is 1.78. The molecule has 33 heavy (non-hydrogen) atoms. The van der Waals surface area contributed by atoms with E-state index in [0.29, 0.717) is 23.0 Å². The molecule has 4 aromatic carbocycles. The SMILES string of the molecule is S=P(N=P(S)(Oc1ccccc1)Oc1ccccc1)(Oc1ccccc1)Oc1ccccc1. The van der Waals surface area contributed by atoms with Crippen molar-refractivity contribution in [1.82, 2.24) is 0 Å². The van der Waals surface area contributed by atoms with Gasteiger partial charge in [-0.3, -0.25) is 0 Å². The molecule has 0 saturated heterocycles. The molecule has 0 radical (unpaired) electrons. The maximum absolute atomic E-state index is 6.16. The van der Waals surface area contributed by atoms with Crippen LogP contribution in [0.4, 0.5) is 0 Å². The molecule has 5 nitrogen and oxygen atoms in total. The van der Waals surface area contributed by atoms with Gasteiger partial charge in [0, 0.05) is 11.8 Å². The predicted octanol–water partition coefficient (Wildman–Crippen LogP) is 8.40. The largest absolute Gasteiger partial charge is 0.423 e. The van der Waals surface area contributed by atoms with Crippen LogP contribution in [0.5, 0.6) is 23.0 Å². The van der Waals surface area contributed by atoms with E-state index in [9.17, 15) is 0 Å². The van der Waals surface area contributed by atoms with Gasteiger partial charge in [0.25, 0.3) is 0 Å². The van der Waals surface area contributed by atoms with Gasteiger partial charge in [-0.1, -0.05) is 85.0 Å². The van der Waals surface area contributed by atoms with Crippen LogP contribution in [0.1, 0.15) is 0 Å². The molecular weight excluding hydrogens is 492 g/mol. The molecule has 0 unspecified atom stereocenters. The molecule has 0 saturated carbocycles. The fourth-order valence-corrected chi connectivity index (χ4v) is 9.43. The summed E-state index contributed by atoms with van der Waals surface area (Å²) in [5, 5.41) is 0. The Morgan fingerprint density at radius 1 is 0.485 bits per heavy atom. The third kappa shape index (κ3) is 7.15. The normalized spacial score (nSPS) is 11.3.